The summed E-state index contributed by atoms with van der Waals surface area (Å²) < 4.78 is 10.8. The lowest BCUT2D eigenvalue weighted by Crippen LogP contribution is -2.99. The van der Waals surface area contributed by atoms with Gasteiger partial charge in [-0.05, 0) is 12.1 Å². The first-order valence-electron chi connectivity index (χ1n) is 9.27. The van der Waals surface area contributed by atoms with E-state index in [1.54, 1.807) is 27.3 Å². The SMILES string of the molecule is COc1cccc2c(NCCC[N+](C)(C)O)c3c([NH+]([O-])O)ccc(OC)c3nc12.Cl.Cl. The number of methoxy groups -OCH3 is 2. The number of fused-ring (bicyclic) bond motifs is 2. The molecule has 0 fully saturated rings. The predicted molar refractivity (Wildman–Crippen MR) is 124 cm³/mol. The number of quaternary nitrogens is 2. The minimum atomic E-state index is -1.04. The number of benzene rings is 2. The standard InChI is InChI=1S/C20H27N4O5.2ClH/c1-24(2,27)12-6-11-21-19-13-7-5-8-15(28-3)18(13)22-20-16(29-4)10-9-14(17(19)20)23(25)26;;/h5,7-10,23,25,27H,6,11-12H2,1-4H3,(H,21,22);2*1H/q+1;;. The Morgan fingerprint density at radius 1 is 1.06 bits per heavy atom. The van der Waals surface area contributed by atoms with E-state index in [-0.39, 0.29) is 35.1 Å². The van der Waals surface area contributed by atoms with E-state index in [2.05, 4.69) is 5.32 Å². The number of rotatable bonds is 8. The third-order valence-corrected chi connectivity index (χ3v) is 4.74. The van der Waals surface area contributed by atoms with E-state index in [9.17, 15) is 15.6 Å². The van der Waals surface area contributed by atoms with E-state index < -0.39 is 5.23 Å². The highest BCUT2D eigenvalue weighted by Crippen LogP contribution is 2.40. The molecule has 0 aliphatic heterocycles. The normalized spacial score (nSPS) is 12.1. The van der Waals surface area contributed by atoms with Crippen molar-refractivity contribution in [2.24, 2.45) is 0 Å². The number of anilines is 1. The Morgan fingerprint density at radius 3 is 2.29 bits per heavy atom. The molecule has 3 aromatic rings. The lowest BCUT2D eigenvalue weighted by Gasteiger charge is -2.21. The van der Waals surface area contributed by atoms with Gasteiger partial charge >= 0.3 is 0 Å². The number of ether oxygens (including phenoxy) is 2. The second kappa shape index (κ2) is 11.0. The highest BCUT2D eigenvalue weighted by atomic mass is 35.5. The fourth-order valence-electron chi connectivity index (χ4n) is 3.39. The fourth-order valence-corrected chi connectivity index (χ4v) is 3.39. The number of aromatic nitrogens is 1. The van der Waals surface area contributed by atoms with Crippen molar-refractivity contribution in [2.45, 2.75) is 6.42 Å². The van der Waals surface area contributed by atoms with E-state index in [1.807, 2.05) is 18.2 Å². The smallest absolute Gasteiger partial charge is 0.175 e. The van der Waals surface area contributed by atoms with Crippen molar-refractivity contribution >= 4 is 58.0 Å². The van der Waals surface area contributed by atoms with Crippen LogP contribution < -0.4 is 20.0 Å². The van der Waals surface area contributed by atoms with Crippen LogP contribution >= 0.6 is 24.8 Å². The molecule has 9 nitrogen and oxygen atoms in total. The summed E-state index contributed by atoms with van der Waals surface area (Å²) in [5.41, 5.74) is 1.86. The molecule has 1 unspecified atom stereocenters. The number of hydrogen-bond donors (Lipinski definition) is 4. The first-order chi connectivity index (χ1) is 13.8. The van der Waals surface area contributed by atoms with Crippen LogP contribution in [0.15, 0.2) is 30.3 Å². The van der Waals surface area contributed by atoms with Crippen LogP contribution in [0.25, 0.3) is 21.8 Å². The summed E-state index contributed by atoms with van der Waals surface area (Å²) in [5.74, 6) is 1.07. The van der Waals surface area contributed by atoms with Crippen LogP contribution in [0.3, 0.4) is 0 Å². The van der Waals surface area contributed by atoms with Crippen LogP contribution in [0.4, 0.5) is 11.4 Å². The number of pyridine rings is 1. The first-order valence-corrected chi connectivity index (χ1v) is 9.27. The molecule has 0 bridgehead atoms. The van der Waals surface area contributed by atoms with Crippen LogP contribution in [-0.2, 0) is 0 Å². The summed E-state index contributed by atoms with van der Waals surface area (Å²) in [5, 5.41) is 35.2. The summed E-state index contributed by atoms with van der Waals surface area (Å²) in [6.45, 7) is 1.09. The molecular weight excluding hydrogens is 447 g/mol. The molecule has 1 aromatic heterocycles. The van der Waals surface area contributed by atoms with Crippen molar-refractivity contribution in [3.05, 3.63) is 35.5 Å². The molecule has 172 valence electrons. The third-order valence-electron chi connectivity index (χ3n) is 4.74. The lowest BCUT2D eigenvalue weighted by molar-refractivity contribution is -1.07. The monoisotopic (exact) mass is 475 g/mol. The Hall–Kier alpha value is -2.11. The van der Waals surface area contributed by atoms with Gasteiger partial charge < -0.3 is 20.0 Å². The molecule has 31 heavy (non-hydrogen) atoms. The van der Waals surface area contributed by atoms with Gasteiger partial charge in [-0.1, -0.05) is 12.1 Å². The van der Waals surface area contributed by atoms with Gasteiger partial charge in [0, 0.05) is 24.4 Å². The van der Waals surface area contributed by atoms with Crippen molar-refractivity contribution < 1.29 is 29.8 Å². The van der Waals surface area contributed by atoms with Gasteiger partial charge in [0.25, 0.3) is 0 Å². The van der Waals surface area contributed by atoms with Crippen molar-refractivity contribution in [2.75, 3.05) is 46.7 Å². The maximum Gasteiger partial charge on any atom is 0.175 e. The highest BCUT2D eigenvalue weighted by Gasteiger charge is 2.21. The molecule has 1 atom stereocenters. The van der Waals surface area contributed by atoms with E-state index >= 15 is 0 Å². The molecule has 0 spiro atoms. The molecule has 11 heteroatoms. The molecule has 2 aromatic carbocycles. The van der Waals surface area contributed by atoms with Gasteiger partial charge in [0.05, 0.1) is 39.4 Å². The lowest BCUT2D eigenvalue weighted by atomic mass is 10.0. The second-order valence-electron chi connectivity index (χ2n) is 7.31. The number of nitrogens with one attached hydrogen (secondary N) is 2. The van der Waals surface area contributed by atoms with Crippen LogP contribution in [0.1, 0.15) is 6.42 Å². The highest BCUT2D eigenvalue weighted by molar-refractivity contribution is 6.13. The van der Waals surface area contributed by atoms with E-state index in [1.165, 1.54) is 13.2 Å². The molecule has 0 aliphatic carbocycles. The molecule has 4 N–H and O–H groups in total. The number of nitrogens with zero attached hydrogens (tertiary/aromatic N) is 2. The largest absolute Gasteiger partial charge is 0.595 e. The summed E-state index contributed by atoms with van der Waals surface area (Å²) in [6.07, 6.45) is 0.686. The molecule has 1 heterocycles. The van der Waals surface area contributed by atoms with Gasteiger partial charge in [0.15, 0.2) is 5.69 Å². The van der Waals surface area contributed by atoms with Gasteiger partial charge in [-0.25, -0.2) is 15.4 Å². The molecule has 0 aliphatic rings. The number of hydrogen-bond acceptors (Lipinski definition) is 7. The Labute approximate surface area is 193 Å². The van der Waals surface area contributed by atoms with Crippen molar-refractivity contribution in [3.63, 3.8) is 0 Å². The zero-order chi connectivity index (χ0) is 21.2. The van der Waals surface area contributed by atoms with Gasteiger partial charge in [0.2, 0.25) is 0 Å². The van der Waals surface area contributed by atoms with E-state index in [4.69, 9.17) is 14.5 Å². The Kier molecular flexibility index (Phi) is 9.52. The van der Waals surface area contributed by atoms with Crippen LogP contribution in [0.2, 0.25) is 0 Å². The number of halogens is 2. The fraction of sp³-hybridized carbons (Fsp3) is 0.350. The van der Waals surface area contributed by atoms with Gasteiger partial charge in [-0.2, -0.15) is 9.87 Å². The molecular formula is C20H29Cl2N4O5+. The predicted octanol–water partition coefficient (Wildman–Crippen LogP) is 2.92. The van der Waals surface area contributed by atoms with Gasteiger partial charge in [-0.15, -0.1) is 24.8 Å². The molecule has 0 saturated carbocycles. The second-order valence-corrected chi connectivity index (χ2v) is 7.31. The van der Waals surface area contributed by atoms with Crippen molar-refractivity contribution in [3.8, 4) is 11.5 Å². The van der Waals surface area contributed by atoms with Gasteiger partial charge in [0.1, 0.15) is 29.1 Å². The van der Waals surface area contributed by atoms with Crippen LogP contribution in [0.5, 0.6) is 11.5 Å². The topological polar surface area (TPSA) is 111 Å². The Bertz CT molecular complexity index is 1030. The third kappa shape index (κ3) is 5.78. The summed E-state index contributed by atoms with van der Waals surface area (Å²) >= 11 is 0. The average molecular weight is 476 g/mol. The van der Waals surface area contributed by atoms with E-state index in [0.29, 0.717) is 53.1 Å². The minimum absolute atomic E-state index is 0. The minimum Gasteiger partial charge on any atom is -0.595 e. The number of para-hydroxylation sites is 1. The average Bonchev–Trinajstić information content (AvgIpc) is 2.68. The molecule has 0 saturated heterocycles. The Morgan fingerprint density at radius 2 is 1.71 bits per heavy atom. The summed E-state index contributed by atoms with van der Waals surface area (Å²) in [7, 11) is 6.50. The maximum absolute atomic E-state index is 11.9. The van der Waals surface area contributed by atoms with Crippen LogP contribution in [-0.4, -0.2) is 61.4 Å². The zero-order valence-corrected chi connectivity index (χ0v) is 19.5. The Balaban J connectivity index is 0.00000240. The van der Waals surface area contributed by atoms with Crippen LogP contribution in [0, 0.1) is 5.21 Å². The first kappa shape index (κ1) is 26.9. The quantitative estimate of drug-likeness (QED) is 0.171. The molecule has 0 radical (unpaired) electrons. The van der Waals surface area contributed by atoms with Crippen molar-refractivity contribution in [1.29, 1.82) is 0 Å². The number of hydroxylamine groups is 3. The van der Waals surface area contributed by atoms with Gasteiger partial charge in [-0.3, -0.25) is 0 Å². The van der Waals surface area contributed by atoms with E-state index in [0.717, 1.165) is 5.39 Å². The summed E-state index contributed by atoms with van der Waals surface area (Å²) in [4.78, 5) is 4.69. The zero-order valence-electron chi connectivity index (χ0n) is 17.8. The summed E-state index contributed by atoms with van der Waals surface area (Å²) in [6, 6.07) is 8.66. The van der Waals surface area contributed by atoms with Crippen molar-refractivity contribution in [1.82, 2.24) is 4.98 Å². The molecule has 3 rings (SSSR count). The molecule has 0 amide bonds. The maximum atomic E-state index is 11.9.